The van der Waals surface area contributed by atoms with Crippen LogP contribution >= 0.6 is 0 Å². The Labute approximate surface area is 156 Å². The van der Waals surface area contributed by atoms with Gasteiger partial charge in [0.25, 0.3) is 6.48 Å². The second-order valence-corrected chi connectivity index (χ2v) is 17.8. The van der Waals surface area contributed by atoms with Crippen LogP contribution in [0.5, 0.6) is 0 Å². The summed E-state index contributed by atoms with van der Waals surface area (Å²) in [6, 6.07) is 0. The molecule has 25 heavy (non-hydrogen) atoms. The van der Waals surface area contributed by atoms with Gasteiger partial charge in [-0.05, 0) is 80.8 Å². The number of rotatable bonds is 12. The Bertz CT molecular complexity index is 332. The third kappa shape index (κ3) is 13.1. The number of ether oxygens (including phenoxy) is 4. The van der Waals surface area contributed by atoms with Gasteiger partial charge in [-0.1, -0.05) is 0 Å². The lowest BCUT2D eigenvalue weighted by atomic mass is 10.4. The molecule has 0 aromatic carbocycles. The summed E-state index contributed by atoms with van der Waals surface area (Å²) in [5, 5.41) is 0. The average molecular weight is 397 g/mol. The third-order valence-electron chi connectivity index (χ3n) is 2.28. The van der Waals surface area contributed by atoms with Gasteiger partial charge in [-0.3, -0.25) is 0 Å². The highest BCUT2D eigenvalue weighted by Gasteiger charge is 2.44. The van der Waals surface area contributed by atoms with Crippen molar-refractivity contribution in [3.63, 3.8) is 0 Å². The minimum Gasteiger partial charge on any atom is -0.372 e. The lowest BCUT2D eigenvalue weighted by Crippen LogP contribution is -2.53. The van der Waals surface area contributed by atoms with Crippen LogP contribution < -0.4 is 0 Å². The van der Waals surface area contributed by atoms with Gasteiger partial charge in [0.1, 0.15) is 0 Å². The molecule has 0 spiro atoms. The van der Waals surface area contributed by atoms with Crippen LogP contribution in [-0.2, 0) is 27.8 Å². The van der Waals surface area contributed by atoms with E-state index in [9.17, 15) is 0 Å². The van der Waals surface area contributed by atoms with Gasteiger partial charge in [0.2, 0.25) is 0 Å². The summed E-state index contributed by atoms with van der Waals surface area (Å²) in [4.78, 5) is 0. The van der Waals surface area contributed by atoms with E-state index in [0.717, 1.165) is 0 Å². The Kier molecular flexibility index (Phi) is 10.0. The first-order valence-electron chi connectivity index (χ1n) is 9.10. The zero-order valence-electron chi connectivity index (χ0n) is 18.3. The summed E-state index contributed by atoms with van der Waals surface area (Å²) in [5.41, 5.74) is 0. The van der Waals surface area contributed by atoms with Crippen molar-refractivity contribution in [2.45, 2.75) is 112 Å². The molecular weight excluding hydrogens is 356 g/mol. The third-order valence-corrected chi connectivity index (χ3v) is 4.08. The van der Waals surface area contributed by atoms with Crippen LogP contribution in [0.3, 0.4) is 0 Å². The molecule has 0 bridgehead atoms. The molecule has 0 aliphatic rings. The van der Waals surface area contributed by atoms with Gasteiger partial charge in [0.15, 0.2) is 16.6 Å². The van der Waals surface area contributed by atoms with Crippen molar-refractivity contribution in [3.8, 4) is 0 Å². The minimum absolute atomic E-state index is 0.170. The van der Waals surface area contributed by atoms with E-state index in [1.165, 1.54) is 0 Å². The Hall–Kier alpha value is 0.194. The summed E-state index contributed by atoms with van der Waals surface area (Å²) >= 11 is 0. The maximum absolute atomic E-state index is 6.10. The maximum Gasteiger partial charge on any atom is 0.417 e. The van der Waals surface area contributed by atoms with Crippen molar-refractivity contribution in [2.75, 3.05) is 0 Å². The fourth-order valence-electron chi connectivity index (χ4n) is 1.80. The van der Waals surface area contributed by atoms with Gasteiger partial charge in [0.05, 0.1) is 18.3 Å². The van der Waals surface area contributed by atoms with Gasteiger partial charge in [-0.25, -0.2) is 4.74 Å². The molecule has 0 radical (unpaired) electrons. The fourth-order valence-corrected chi connectivity index (χ4v) is 3.24. The van der Waals surface area contributed by atoms with Gasteiger partial charge < -0.3 is 23.1 Å². The van der Waals surface area contributed by atoms with Crippen molar-refractivity contribution in [2.24, 2.45) is 0 Å². The standard InChI is InChI=1S/C17H40O6Si2/c1-13(2)18-17(19-14(3)4,20-15(5)6)21-16(22-24(7,8)9)23-25(10,11)12/h13-16H,1-12H3. The maximum atomic E-state index is 6.10. The Morgan fingerprint density at radius 2 is 0.800 bits per heavy atom. The van der Waals surface area contributed by atoms with Gasteiger partial charge >= 0.3 is 6.16 Å². The van der Waals surface area contributed by atoms with Crippen LogP contribution in [0, 0.1) is 0 Å². The molecule has 0 unspecified atom stereocenters. The minimum atomic E-state index is -1.93. The first-order chi connectivity index (χ1) is 11.0. The van der Waals surface area contributed by atoms with E-state index >= 15 is 0 Å². The summed E-state index contributed by atoms with van der Waals surface area (Å²) < 4.78 is 36.1. The molecule has 0 saturated carbocycles. The number of hydrogen-bond acceptors (Lipinski definition) is 6. The Morgan fingerprint density at radius 1 is 0.520 bits per heavy atom. The van der Waals surface area contributed by atoms with Gasteiger partial charge in [-0.15, -0.1) is 0 Å². The quantitative estimate of drug-likeness (QED) is 0.346. The van der Waals surface area contributed by atoms with Crippen molar-refractivity contribution in [3.05, 3.63) is 0 Å². The topological polar surface area (TPSA) is 55.4 Å². The normalized spacial score (nSPS) is 14.4. The Balaban J connectivity index is 5.65. The molecule has 0 saturated heterocycles. The van der Waals surface area contributed by atoms with E-state index in [1.54, 1.807) is 0 Å². The largest absolute Gasteiger partial charge is 0.417 e. The first-order valence-corrected chi connectivity index (χ1v) is 15.9. The SMILES string of the molecule is CC(C)OC(OC(C)C)(OC(C)C)OC(O[Si](C)(C)C)O[Si](C)(C)C. The van der Waals surface area contributed by atoms with E-state index in [1.807, 2.05) is 41.5 Å². The monoisotopic (exact) mass is 396 g/mol. The molecule has 0 rings (SSSR count). The predicted octanol–water partition coefficient (Wildman–Crippen LogP) is 4.88. The molecule has 0 N–H and O–H groups in total. The second kappa shape index (κ2) is 9.94. The Morgan fingerprint density at radius 3 is 1.00 bits per heavy atom. The van der Waals surface area contributed by atoms with Crippen LogP contribution in [-0.4, -0.2) is 47.6 Å². The molecule has 0 heterocycles. The van der Waals surface area contributed by atoms with E-state index in [0.29, 0.717) is 0 Å². The van der Waals surface area contributed by atoms with Crippen LogP contribution in [0.4, 0.5) is 0 Å². The van der Waals surface area contributed by atoms with E-state index in [2.05, 4.69) is 39.3 Å². The van der Waals surface area contributed by atoms with E-state index < -0.39 is 29.3 Å². The number of hydrogen-bond donors (Lipinski definition) is 0. The van der Waals surface area contributed by atoms with Crippen molar-refractivity contribution >= 4 is 16.6 Å². The molecule has 0 fully saturated rings. The average Bonchev–Trinajstić information content (AvgIpc) is 2.18. The molecule has 152 valence electrons. The van der Waals surface area contributed by atoms with Crippen molar-refractivity contribution in [1.29, 1.82) is 0 Å². The van der Waals surface area contributed by atoms with Crippen molar-refractivity contribution in [1.82, 2.24) is 0 Å². The van der Waals surface area contributed by atoms with Crippen LogP contribution in [0.2, 0.25) is 39.3 Å². The van der Waals surface area contributed by atoms with Crippen LogP contribution in [0.1, 0.15) is 41.5 Å². The molecule has 0 aromatic heterocycles. The highest BCUT2D eigenvalue weighted by Crippen LogP contribution is 2.28. The van der Waals surface area contributed by atoms with E-state index in [4.69, 9.17) is 27.8 Å². The van der Waals surface area contributed by atoms with Crippen LogP contribution in [0.15, 0.2) is 0 Å². The zero-order chi connectivity index (χ0) is 20.1. The zero-order valence-corrected chi connectivity index (χ0v) is 20.3. The molecule has 0 amide bonds. The summed E-state index contributed by atoms with van der Waals surface area (Å²) in [6.45, 7) is 23.0. The summed E-state index contributed by atoms with van der Waals surface area (Å²) in [6.07, 6.45) is -2.19. The second-order valence-electron chi connectivity index (χ2n) is 8.87. The highest BCUT2D eigenvalue weighted by atomic mass is 28.4. The predicted molar refractivity (Wildman–Crippen MR) is 105 cm³/mol. The van der Waals surface area contributed by atoms with Gasteiger partial charge in [0, 0.05) is 0 Å². The smallest absolute Gasteiger partial charge is 0.372 e. The lowest BCUT2D eigenvalue weighted by molar-refractivity contribution is -0.551. The fraction of sp³-hybridized carbons (Fsp3) is 1.00. The van der Waals surface area contributed by atoms with E-state index in [-0.39, 0.29) is 18.3 Å². The highest BCUT2D eigenvalue weighted by molar-refractivity contribution is 6.70. The lowest BCUT2D eigenvalue weighted by Gasteiger charge is -2.40. The summed E-state index contributed by atoms with van der Waals surface area (Å²) in [7, 11) is -3.87. The molecule has 0 aliphatic heterocycles. The van der Waals surface area contributed by atoms with Gasteiger partial charge in [-0.2, -0.15) is 0 Å². The van der Waals surface area contributed by atoms with Crippen molar-refractivity contribution < 1.29 is 27.8 Å². The molecule has 6 nitrogen and oxygen atoms in total. The molecule has 0 atom stereocenters. The first kappa shape index (κ1) is 25.2. The van der Waals surface area contributed by atoms with Crippen LogP contribution in [0.25, 0.3) is 0 Å². The molecule has 8 heteroatoms. The molecular formula is C17H40O6Si2. The molecule has 0 aromatic rings. The summed E-state index contributed by atoms with van der Waals surface area (Å²) in [5.74, 6) is 0. The molecule has 0 aliphatic carbocycles.